The molecular formula is C28H39N3O4S. The molecule has 1 aliphatic carbocycles. The Morgan fingerprint density at radius 3 is 2.36 bits per heavy atom. The van der Waals surface area contributed by atoms with E-state index >= 15 is 0 Å². The Kier molecular flexibility index (Phi) is 9.93. The second kappa shape index (κ2) is 12.9. The van der Waals surface area contributed by atoms with Crippen molar-refractivity contribution in [3.8, 4) is 0 Å². The van der Waals surface area contributed by atoms with E-state index in [9.17, 15) is 18.0 Å². The molecule has 0 spiro atoms. The molecule has 0 aliphatic heterocycles. The van der Waals surface area contributed by atoms with Crippen LogP contribution in [0.4, 0.5) is 5.69 Å². The Labute approximate surface area is 215 Å². The molecule has 1 saturated carbocycles. The number of carbonyl (C=O) groups excluding carboxylic acids is 2. The van der Waals surface area contributed by atoms with Crippen LogP contribution >= 0.6 is 0 Å². The summed E-state index contributed by atoms with van der Waals surface area (Å²) in [6, 6.07) is 16.5. The van der Waals surface area contributed by atoms with Crippen molar-refractivity contribution in [2.45, 2.75) is 77.4 Å². The van der Waals surface area contributed by atoms with Gasteiger partial charge in [0.25, 0.3) is 0 Å². The highest BCUT2D eigenvalue weighted by Crippen LogP contribution is 2.21. The number of hydrogen-bond acceptors (Lipinski definition) is 4. The fraction of sp³-hybridized carbons (Fsp3) is 0.500. The summed E-state index contributed by atoms with van der Waals surface area (Å²) in [5.41, 5.74) is 2.64. The summed E-state index contributed by atoms with van der Waals surface area (Å²) in [7, 11) is -3.49. The number of benzene rings is 2. The lowest BCUT2D eigenvalue weighted by Crippen LogP contribution is -2.51. The summed E-state index contributed by atoms with van der Waals surface area (Å²) in [5, 5.41) is 3.16. The van der Waals surface area contributed by atoms with Gasteiger partial charge in [-0.1, -0.05) is 67.8 Å². The van der Waals surface area contributed by atoms with Gasteiger partial charge in [-0.2, -0.15) is 0 Å². The molecule has 2 amide bonds. The zero-order valence-corrected chi connectivity index (χ0v) is 22.5. The molecule has 0 aromatic heterocycles. The second-order valence-electron chi connectivity index (χ2n) is 9.70. The third kappa shape index (κ3) is 7.82. The van der Waals surface area contributed by atoms with Crippen LogP contribution < -0.4 is 9.62 Å². The van der Waals surface area contributed by atoms with Gasteiger partial charge < -0.3 is 10.2 Å². The van der Waals surface area contributed by atoms with Crippen molar-refractivity contribution < 1.29 is 18.0 Å². The highest BCUT2D eigenvalue weighted by Gasteiger charge is 2.30. The minimum atomic E-state index is -3.49. The molecule has 2 aromatic carbocycles. The average molecular weight is 514 g/mol. The number of nitrogens with zero attached hydrogens (tertiary/aromatic N) is 2. The van der Waals surface area contributed by atoms with Gasteiger partial charge in [-0.3, -0.25) is 13.9 Å². The molecule has 1 aliphatic rings. The van der Waals surface area contributed by atoms with Crippen molar-refractivity contribution in [3.05, 3.63) is 65.7 Å². The van der Waals surface area contributed by atoms with Gasteiger partial charge in [0.15, 0.2) is 0 Å². The molecule has 8 heteroatoms. The van der Waals surface area contributed by atoms with Gasteiger partial charge >= 0.3 is 0 Å². The number of rotatable bonds is 12. The lowest BCUT2D eigenvalue weighted by Gasteiger charge is -2.32. The van der Waals surface area contributed by atoms with Gasteiger partial charge in [-0.05, 0) is 50.3 Å². The van der Waals surface area contributed by atoms with Gasteiger partial charge in [0.1, 0.15) is 6.04 Å². The first-order valence-electron chi connectivity index (χ1n) is 12.9. The van der Waals surface area contributed by atoms with Gasteiger partial charge in [-0.15, -0.1) is 0 Å². The first kappa shape index (κ1) is 27.7. The minimum absolute atomic E-state index is 0.104. The summed E-state index contributed by atoms with van der Waals surface area (Å²) >= 11 is 0. The Hall–Kier alpha value is -2.87. The number of hydrogen-bond donors (Lipinski definition) is 1. The summed E-state index contributed by atoms with van der Waals surface area (Å²) in [5.74, 6) is -0.251. The highest BCUT2D eigenvalue weighted by molar-refractivity contribution is 7.92. The predicted octanol–water partition coefficient (Wildman–Crippen LogP) is 4.41. The van der Waals surface area contributed by atoms with E-state index in [-0.39, 0.29) is 30.8 Å². The maximum atomic E-state index is 13.5. The van der Waals surface area contributed by atoms with Crippen molar-refractivity contribution in [1.82, 2.24) is 10.2 Å². The molecule has 0 saturated heterocycles. The molecular weight excluding hydrogens is 474 g/mol. The van der Waals surface area contributed by atoms with E-state index in [1.807, 2.05) is 44.2 Å². The van der Waals surface area contributed by atoms with Crippen LogP contribution in [0.25, 0.3) is 0 Å². The van der Waals surface area contributed by atoms with Crippen molar-refractivity contribution in [2.24, 2.45) is 0 Å². The third-order valence-corrected chi connectivity index (χ3v) is 7.91. The van der Waals surface area contributed by atoms with E-state index < -0.39 is 16.1 Å². The molecule has 1 N–H and O–H groups in total. The Bertz CT molecular complexity index is 1110. The number of nitrogens with one attached hydrogen (secondary N) is 1. The Morgan fingerprint density at radius 2 is 1.75 bits per heavy atom. The monoisotopic (exact) mass is 513 g/mol. The summed E-state index contributed by atoms with van der Waals surface area (Å²) < 4.78 is 26.1. The topological polar surface area (TPSA) is 86.8 Å². The van der Waals surface area contributed by atoms with Crippen molar-refractivity contribution in [2.75, 3.05) is 17.1 Å². The number of aryl methyl sites for hydroxylation is 1. The van der Waals surface area contributed by atoms with Crippen molar-refractivity contribution in [1.29, 1.82) is 0 Å². The number of anilines is 1. The lowest BCUT2D eigenvalue weighted by atomic mass is 10.1. The van der Waals surface area contributed by atoms with Crippen LogP contribution in [-0.4, -0.2) is 50.0 Å². The van der Waals surface area contributed by atoms with E-state index in [2.05, 4.69) is 5.32 Å². The Morgan fingerprint density at radius 1 is 1.06 bits per heavy atom. The number of carbonyl (C=O) groups is 2. The fourth-order valence-corrected chi connectivity index (χ4v) is 5.86. The quantitative estimate of drug-likeness (QED) is 0.456. The van der Waals surface area contributed by atoms with Gasteiger partial charge in [0.05, 0.1) is 11.9 Å². The van der Waals surface area contributed by atoms with E-state index in [0.29, 0.717) is 25.1 Å². The van der Waals surface area contributed by atoms with Crippen LogP contribution in [0.15, 0.2) is 54.6 Å². The normalized spacial score (nSPS) is 14.9. The zero-order chi connectivity index (χ0) is 26.1. The van der Waals surface area contributed by atoms with E-state index in [0.717, 1.165) is 36.8 Å². The van der Waals surface area contributed by atoms with Crippen LogP contribution in [0.3, 0.4) is 0 Å². The van der Waals surface area contributed by atoms with E-state index in [4.69, 9.17) is 0 Å². The number of amides is 2. The molecule has 0 unspecified atom stereocenters. The molecule has 1 fully saturated rings. The number of para-hydroxylation sites is 1. The maximum Gasteiger partial charge on any atom is 0.243 e. The molecule has 3 rings (SSSR count). The van der Waals surface area contributed by atoms with E-state index in [1.54, 1.807) is 29.2 Å². The van der Waals surface area contributed by atoms with Crippen LogP contribution in [0.2, 0.25) is 0 Å². The van der Waals surface area contributed by atoms with E-state index in [1.165, 1.54) is 10.6 Å². The maximum absolute atomic E-state index is 13.5. The van der Waals surface area contributed by atoms with Crippen LogP contribution in [0.1, 0.15) is 63.0 Å². The summed E-state index contributed by atoms with van der Waals surface area (Å²) in [4.78, 5) is 28.4. The molecule has 2 aromatic rings. The first-order valence-corrected chi connectivity index (χ1v) is 14.7. The third-order valence-electron chi connectivity index (χ3n) is 6.72. The summed E-state index contributed by atoms with van der Waals surface area (Å²) in [6.07, 6.45) is 6.38. The highest BCUT2D eigenvalue weighted by atomic mass is 32.2. The van der Waals surface area contributed by atoms with Crippen molar-refractivity contribution in [3.63, 3.8) is 0 Å². The Balaban J connectivity index is 1.74. The first-order chi connectivity index (χ1) is 17.2. The SMILES string of the molecule is CC[C@H](C(=O)NC1CCCC1)N(Cc1cccc(C)c1)C(=O)CCCN(c1ccccc1)S(C)(=O)=O. The molecule has 196 valence electrons. The van der Waals surface area contributed by atoms with Crippen LogP contribution in [0, 0.1) is 6.92 Å². The molecule has 0 radical (unpaired) electrons. The lowest BCUT2D eigenvalue weighted by molar-refractivity contribution is -0.141. The molecule has 0 bridgehead atoms. The molecule has 1 atom stereocenters. The molecule has 0 heterocycles. The second-order valence-corrected chi connectivity index (χ2v) is 11.6. The van der Waals surface area contributed by atoms with Crippen LogP contribution in [0.5, 0.6) is 0 Å². The fourth-order valence-electron chi connectivity index (χ4n) is 4.89. The van der Waals surface area contributed by atoms with Crippen molar-refractivity contribution >= 4 is 27.5 Å². The molecule has 7 nitrogen and oxygen atoms in total. The van der Waals surface area contributed by atoms with Gasteiger partial charge in [0.2, 0.25) is 21.8 Å². The zero-order valence-electron chi connectivity index (χ0n) is 21.7. The largest absolute Gasteiger partial charge is 0.352 e. The predicted molar refractivity (Wildman–Crippen MR) is 144 cm³/mol. The molecule has 36 heavy (non-hydrogen) atoms. The summed E-state index contributed by atoms with van der Waals surface area (Å²) in [6.45, 7) is 4.46. The smallest absolute Gasteiger partial charge is 0.243 e. The van der Waals surface area contributed by atoms with Gasteiger partial charge in [-0.25, -0.2) is 8.42 Å². The van der Waals surface area contributed by atoms with Crippen LogP contribution in [-0.2, 0) is 26.2 Å². The average Bonchev–Trinajstić information content (AvgIpc) is 3.34. The minimum Gasteiger partial charge on any atom is -0.352 e. The standard InChI is InChI=1S/C28H39N3O4S/c1-4-26(28(33)29-24-14-8-9-15-24)30(21-23-13-10-12-22(2)20-23)27(32)18-11-19-31(36(3,34)35)25-16-6-5-7-17-25/h5-7,10,12-13,16-17,20,24,26H,4,8-9,11,14-15,18-19,21H2,1-3H3,(H,29,33)/t26-/m1/s1. The van der Waals surface area contributed by atoms with Gasteiger partial charge in [0, 0.05) is 25.6 Å². The number of sulfonamides is 1.